The topological polar surface area (TPSA) is 210 Å². The largest absolute Gasteiger partial charge is 0.458 e. The molecule has 1 heterocycles. The van der Waals surface area contributed by atoms with E-state index in [0.29, 0.717) is 39.0 Å². The molecule has 0 aromatic heterocycles. The number of rotatable bonds is 11. The van der Waals surface area contributed by atoms with Crippen molar-refractivity contribution >= 4 is 23.3 Å². The van der Waals surface area contributed by atoms with Gasteiger partial charge in [0.2, 0.25) is 0 Å². The van der Waals surface area contributed by atoms with Gasteiger partial charge >= 0.3 is 11.9 Å². The summed E-state index contributed by atoms with van der Waals surface area (Å²) < 4.78 is 31.2. The number of hydrogen-bond donors (Lipinski definition) is 2. The summed E-state index contributed by atoms with van der Waals surface area (Å²) in [5.41, 5.74) is -5.62. The van der Waals surface area contributed by atoms with Crippen molar-refractivity contribution in [3.63, 3.8) is 0 Å². The van der Waals surface area contributed by atoms with Crippen molar-refractivity contribution in [2.75, 3.05) is 41.0 Å². The highest BCUT2D eigenvalue weighted by molar-refractivity contribution is 5.90. The summed E-state index contributed by atoms with van der Waals surface area (Å²) in [5, 5.41) is 49.7. The van der Waals surface area contributed by atoms with Crippen molar-refractivity contribution in [3.05, 3.63) is 79.9 Å². The monoisotopic (exact) mass is 751 g/mol. The number of nitro benzene ring substituents is 2. The molecule has 7 bridgehead atoms. The molecule has 2 aromatic rings. The first kappa shape index (κ1) is 36.9. The summed E-state index contributed by atoms with van der Waals surface area (Å²) in [5.74, 6) is -3.60. The number of likely N-dealkylation sites (N-methyl/N-ethyl adjacent to an activating group) is 1. The molecule has 6 fully saturated rings. The maximum atomic E-state index is 14.1. The van der Waals surface area contributed by atoms with E-state index >= 15 is 0 Å². The number of piperidine rings is 1. The number of likely N-dealkylation sites (tertiary alicyclic amines) is 1. The van der Waals surface area contributed by atoms with E-state index in [-0.39, 0.29) is 28.9 Å². The lowest BCUT2D eigenvalue weighted by molar-refractivity contribution is -0.385. The van der Waals surface area contributed by atoms with Crippen molar-refractivity contribution in [1.82, 2.24) is 4.90 Å². The highest BCUT2D eigenvalue weighted by atomic mass is 16.6. The summed E-state index contributed by atoms with van der Waals surface area (Å²) in [4.78, 5) is 51.6. The molecule has 16 heteroatoms. The quantitative estimate of drug-likeness (QED) is 0.192. The van der Waals surface area contributed by atoms with Crippen LogP contribution in [0.4, 0.5) is 11.4 Å². The van der Waals surface area contributed by atoms with Crippen molar-refractivity contribution < 1.29 is 53.3 Å². The fourth-order valence-corrected chi connectivity index (χ4v) is 12.8. The van der Waals surface area contributed by atoms with Gasteiger partial charge in [0.05, 0.1) is 45.8 Å². The molecular formula is C38H45N3O13. The SMILES string of the molecule is CCN1C[C@]2(COC)CC[C@H](OC(=O)c3ccc([N+](=O)[O-])cc3)[C@]34C1[C@@](O)([C@@H](OC)[C@H]23)[C@@]1(O)C[C@H](OC)[C@H]2C[C@@H]4[C@@H]1[C@H]2OC(=O)c1ccc([N+](=O)[O-])cc1. The number of ether oxygens (including phenoxy) is 5. The van der Waals surface area contributed by atoms with Crippen LogP contribution in [0.2, 0.25) is 0 Å². The summed E-state index contributed by atoms with van der Waals surface area (Å²) in [6, 6.07) is 9.55. The minimum Gasteiger partial charge on any atom is -0.458 e. The first-order chi connectivity index (χ1) is 25.8. The first-order valence-electron chi connectivity index (χ1n) is 18.4. The van der Waals surface area contributed by atoms with Gasteiger partial charge in [-0.2, -0.15) is 0 Å². The first-order valence-corrected chi connectivity index (χ1v) is 18.4. The van der Waals surface area contributed by atoms with Crippen LogP contribution in [0.5, 0.6) is 0 Å². The van der Waals surface area contributed by atoms with E-state index in [1.165, 1.54) is 62.8 Å². The Balaban J connectivity index is 1.29. The van der Waals surface area contributed by atoms with Crippen LogP contribution in [0.1, 0.15) is 53.3 Å². The molecule has 1 spiro atoms. The molecule has 6 aliphatic rings. The van der Waals surface area contributed by atoms with E-state index in [1.807, 2.05) is 6.92 Å². The van der Waals surface area contributed by atoms with E-state index in [2.05, 4.69) is 4.90 Å². The number of non-ortho nitro benzene ring substituents is 2. The third-order valence-electron chi connectivity index (χ3n) is 14.3. The number of carbonyl (C=O) groups is 2. The molecule has 1 unspecified atom stereocenters. The van der Waals surface area contributed by atoms with Gasteiger partial charge in [0, 0.05) is 87.1 Å². The lowest BCUT2D eigenvalue weighted by Gasteiger charge is -2.69. The van der Waals surface area contributed by atoms with Gasteiger partial charge in [0.15, 0.2) is 0 Å². The fourth-order valence-electron chi connectivity index (χ4n) is 12.8. The summed E-state index contributed by atoms with van der Waals surface area (Å²) in [6.45, 7) is 3.35. The Bertz CT molecular complexity index is 1860. The second-order valence-electron chi connectivity index (χ2n) is 16.1. The molecule has 16 nitrogen and oxygen atoms in total. The lowest BCUT2D eigenvalue weighted by atomic mass is 9.42. The van der Waals surface area contributed by atoms with Gasteiger partial charge in [0.1, 0.15) is 23.4 Å². The molecule has 0 radical (unpaired) electrons. The number of fused-ring (bicyclic) bond motifs is 2. The standard InChI is InChI=1S/C38H45N3O13/c1-5-39-18-35(19-50-2)15-14-27(53-32(42)20-6-10-22(11-7-20)40(46)47)37-25-16-24-26(51-3)17-36(44,38(45,34(37)39)31(52-4)30(35)37)28(25)29(24)54-33(43)21-8-12-23(13-9-21)41(48)49/h6-13,24-31,34,44-45H,5,14-19H2,1-4H3/t24-,25-,26+,27+,28-,29+,30-,31+,34?,35+,36-,37+,38+/m1/s1. The Kier molecular flexibility index (Phi) is 8.71. The van der Waals surface area contributed by atoms with Crippen molar-refractivity contribution in [1.29, 1.82) is 0 Å². The highest BCUT2D eigenvalue weighted by Crippen LogP contribution is 2.80. The van der Waals surface area contributed by atoms with Crippen LogP contribution in [0.3, 0.4) is 0 Å². The predicted octanol–water partition coefficient (Wildman–Crippen LogP) is 3.16. The normalized spacial score (nSPS) is 41.3. The molecule has 13 atom stereocenters. The highest BCUT2D eigenvalue weighted by Gasteiger charge is 2.92. The Morgan fingerprint density at radius 2 is 1.50 bits per heavy atom. The van der Waals surface area contributed by atoms with Crippen LogP contribution in [-0.4, -0.2) is 120 Å². The zero-order chi connectivity index (χ0) is 38.5. The summed E-state index contributed by atoms with van der Waals surface area (Å²) in [6.07, 6.45) is -1.91. The molecule has 1 aliphatic heterocycles. The molecule has 8 rings (SSSR count). The van der Waals surface area contributed by atoms with Gasteiger partial charge in [-0.3, -0.25) is 25.1 Å². The molecule has 5 aliphatic carbocycles. The average Bonchev–Trinajstić information content (AvgIpc) is 3.56. The molecule has 54 heavy (non-hydrogen) atoms. The number of esters is 2. The molecule has 5 saturated carbocycles. The fraction of sp³-hybridized carbons (Fsp3) is 0.632. The van der Waals surface area contributed by atoms with Gasteiger partial charge in [-0.1, -0.05) is 6.92 Å². The Morgan fingerprint density at radius 3 is 2.02 bits per heavy atom. The lowest BCUT2D eigenvalue weighted by Crippen LogP contribution is -2.82. The van der Waals surface area contributed by atoms with Crippen molar-refractivity contribution in [2.24, 2.45) is 34.5 Å². The number of hydrogen-bond acceptors (Lipinski definition) is 14. The second-order valence-corrected chi connectivity index (χ2v) is 16.1. The molecule has 290 valence electrons. The number of nitro groups is 2. The third-order valence-corrected chi connectivity index (χ3v) is 14.3. The van der Waals surface area contributed by atoms with Crippen LogP contribution in [0.25, 0.3) is 0 Å². The van der Waals surface area contributed by atoms with Crippen molar-refractivity contribution in [2.45, 2.75) is 74.3 Å². The third kappa shape index (κ3) is 4.64. The van der Waals surface area contributed by atoms with E-state index in [4.69, 9.17) is 23.7 Å². The Hall–Kier alpha value is -4.06. The summed E-state index contributed by atoms with van der Waals surface area (Å²) in [7, 11) is 4.67. The molecule has 1 saturated heterocycles. The van der Waals surface area contributed by atoms with Crippen LogP contribution < -0.4 is 0 Å². The second kappa shape index (κ2) is 12.7. The maximum Gasteiger partial charge on any atom is 0.338 e. The van der Waals surface area contributed by atoms with Crippen molar-refractivity contribution in [3.8, 4) is 0 Å². The number of aliphatic hydroxyl groups is 2. The van der Waals surface area contributed by atoms with Gasteiger partial charge in [0.25, 0.3) is 11.4 Å². The van der Waals surface area contributed by atoms with E-state index in [9.17, 15) is 40.0 Å². The van der Waals surface area contributed by atoms with Crippen LogP contribution in [0, 0.1) is 54.7 Å². The number of carbonyl (C=O) groups excluding carboxylic acids is 2. The van der Waals surface area contributed by atoms with Gasteiger partial charge in [-0.15, -0.1) is 0 Å². The van der Waals surface area contributed by atoms with E-state index in [1.54, 1.807) is 7.11 Å². The number of methoxy groups -OCH3 is 3. The predicted molar refractivity (Wildman–Crippen MR) is 186 cm³/mol. The van der Waals surface area contributed by atoms with Crippen LogP contribution >= 0.6 is 0 Å². The maximum absolute atomic E-state index is 14.1. The van der Waals surface area contributed by atoms with Crippen LogP contribution in [-0.2, 0) is 23.7 Å². The zero-order valence-electron chi connectivity index (χ0n) is 30.5. The molecule has 0 amide bonds. The zero-order valence-corrected chi connectivity index (χ0v) is 30.5. The molecule has 2 aromatic carbocycles. The van der Waals surface area contributed by atoms with Gasteiger partial charge < -0.3 is 33.9 Å². The Morgan fingerprint density at radius 1 is 0.907 bits per heavy atom. The van der Waals surface area contributed by atoms with E-state index in [0.717, 1.165) is 0 Å². The van der Waals surface area contributed by atoms with Gasteiger partial charge in [-0.05, 0) is 56.0 Å². The minimum absolute atomic E-state index is 0.0403. The van der Waals surface area contributed by atoms with E-state index < -0.39 is 97.9 Å². The number of nitrogens with zero attached hydrogens (tertiary/aromatic N) is 3. The minimum atomic E-state index is -1.97. The smallest absolute Gasteiger partial charge is 0.338 e. The average molecular weight is 752 g/mol. The van der Waals surface area contributed by atoms with Crippen LogP contribution in [0.15, 0.2) is 48.5 Å². The molecular weight excluding hydrogens is 706 g/mol. The Labute approximate surface area is 310 Å². The van der Waals surface area contributed by atoms with Gasteiger partial charge in [-0.25, -0.2) is 9.59 Å². The summed E-state index contributed by atoms with van der Waals surface area (Å²) >= 11 is 0. The number of benzene rings is 2. The molecule has 2 N–H and O–H groups in total.